The Morgan fingerprint density at radius 3 is 2.44 bits per heavy atom. The summed E-state index contributed by atoms with van der Waals surface area (Å²) in [5.74, 6) is -2.67. The summed E-state index contributed by atoms with van der Waals surface area (Å²) in [4.78, 5) is 18.2. The molecule has 0 N–H and O–H groups in total. The fourth-order valence-corrected chi connectivity index (χ4v) is 4.47. The molecule has 136 valence electrons. The van der Waals surface area contributed by atoms with Gasteiger partial charge in [0.25, 0.3) is 11.3 Å². The summed E-state index contributed by atoms with van der Waals surface area (Å²) < 4.78 is 27.4. The minimum absolute atomic E-state index is 0.00833. The van der Waals surface area contributed by atoms with E-state index in [2.05, 4.69) is 4.98 Å². The van der Waals surface area contributed by atoms with Gasteiger partial charge in [-0.05, 0) is 36.4 Å². The Balaban J connectivity index is 2.01. The molecule has 0 unspecified atom stereocenters. The van der Waals surface area contributed by atoms with Crippen LogP contribution in [0.5, 0.6) is 0 Å². The molecule has 0 aliphatic heterocycles. The molecule has 0 aliphatic carbocycles. The van der Waals surface area contributed by atoms with Gasteiger partial charge < -0.3 is 0 Å². The van der Waals surface area contributed by atoms with Gasteiger partial charge in [-0.25, -0.2) is 4.98 Å². The number of thioether (sulfide) groups is 1. The van der Waals surface area contributed by atoms with Gasteiger partial charge in [0.05, 0.1) is 11.1 Å². The number of aryl methyl sites for hydroxylation is 1. The summed E-state index contributed by atoms with van der Waals surface area (Å²) in [5.41, 5.74) is 2.96. The molecule has 0 radical (unpaired) electrons. The minimum atomic E-state index is -2.67. The average Bonchev–Trinajstić information content (AvgIpc) is 3.07. The first-order valence-electron chi connectivity index (χ1n) is 8.16. The van der Waals surface area contributed by atoms with Crippen LogP contribution in [0.2, 0.25) is 0 Å². The molecule has 0 saturated carbocycles. The second-order valence-electron chi connectivity index (χ2n) is 5.94. The van der Waals surface area contributed by atoms with E-state index in [0.29, 0.717) is 15.9 Å². The second-order valence-corrected chi connectivity index (χ2v) is 7.76. The molecule has 2 aromatic heterocycles. The lowest BCUT2D eigenvalue weighted by Crippen LogP contribution is -2.21. The number of thiophene rings is 1. The summed E-state index contributed by atoms with van der Waals surface area (Å²) >= 11 is 1.57. The summed E-state index contributed by atoms with van der Waals surface area (Å²) in [6.07, 6.45) is 0. The number of alkyl halides is 2. The Bertz CT molecular complexity index is 1150. The van der Waals surface area contributed by atoms with Crippen molar-refractivity contribution in [3.63, 3.8) is 0 Å². The third kappa shape index (κ3) is 3.40. The normalized spacial score (nSPS) is 11.4. The molecule has 4 aromatic rings. The van der Waals surface area contributed by atoms with Crippen molar-refractivity contribution in [1.29, 1.82) is 0 Å². The maximum Gasteiger partial charge on any atom is 0.291 e. The maximum absolute atomic E-state index is 13.3. The van der Waals surface area contributed by atoms with Crippen LogP contribution in [0.3, 0.4) is 0 Å². The first kappa shape index (κ1) is 17.9. The third-order valence-electron chi connectivity index (χ3n) is 4.15. The van der Waals surface area contributed by atoms with Gasteiger partial charge in [-0.2, -0.15) is 8.78 Å². The van der Waals surface area contributed by atoms with Gasteiger partial charge in [0, 0.05) is 10.9 Å². The van der Waals surface area contributed by atoms with Crippen molar-refractivity contribution in [3.05, 3.63) is 75.9 Å². The highest BCUT2D eigenvalue weighted by atomic mass is 32.2. The van der Waals surface area contributed by atoms with Crippen LogP contribution in [-0.4, -0.2) is 15.3 Å². The molecule has 2 aromatic carbocycles. The SMILES string of the molecule is Cc1ccc(-c2csc3nc(SC(F)F)n(-c4ccccc4)c(=O)c23)cc1. The van der Waals surface area contributed by atoms with E-state index >= 15 is 0 Å². The van der Waals surface area contributed by atoms with Crippen LogP contribution in [0.4, 0.5) is 8.78 Å². The fraction of sp³-hybridized carbons (Fsp3) is 0.100. The number of hydrogen-bond acceptors (Lipinski definition) is 4. The monoisotopic (exact) mass is 400 g/mol. The Morgan fingerprint density at radius 1 is 1.07 bits per heavy atom. The standard InChI is InChI=1S/C20H14F2N2OS2/c1-12-7-9-13(10-8-12)15-11-26-17-16(15)18(25)24(14-5-3-2-4-6-14)20(23-17)27-19(21)22/h2-11,19H,1H3. The molecule has 4 rings (SSSR count). The van der Waals surface area contributed by atoms with Crippen molar-refractivity contribution in [3.8, 4) is 16.8 Å². The summed E-state index contributed by atoms with van der Waals surface area (Å²) in [6.45, 7) is 1.99. The van der Waals surface area contributed by atoms with E-state index in [-0.39, 0.29) is 22.5 Å². The maximum atomic E-state index is 13.3. The fourth-order valence-electron chi connectivity index (χ4n) is 2.88. The van der Waals surface area contributed by atoms with Crippen LogP contribution >= 0.6 is 23.1 Å². The van der Waals surface area contributed by atoms with Crippen molar-refractivity contribution in [2.24, 2.45) is 0 Å². The van der Waals surface area contributed by atoms with E-state index in [1.807, 2.05) is 42.6 Å². The predicted molar refractivity (Wildman–Crippen MR) is 107 cm³/mol. The number of para-hydroxylation sites is 1. The lowest BCUT2D eigenvalue weighted by atomic mass is 10.1. The number of nitrogens with zero attached hydrogens (tertiary/aromatic N) is 2. The van der Waals surface area contributed by atoms with Crippen LogP contribution in [0, 0.1) is 6.92 Å². The third-order valence-corrected chi connectivity index (χ3v) is 5.68. The quantitative estimate of drug-likeness (QED) is 0.324. The molecule has 0 fully saturated rings. The van der Waals surface area contributed by atoms with E-state index in [0.717, 1.165) is 16.7 Å². The smallest absolute Gasteiger partial charge is 0.268 e. The minimum Gasteiger partial charge on any atom is -0.268 e. The van der Waals surface area contributed by atoms with E-state index < -0.39 is 5.76 Å². The van der Waals surface area contributed by atoms with Gasteiger partial charge in [-0.3, -0.25) is 9.36 Å². The Hall–Kier alpha value is -2.51. The van der Waals surface area contributed by atoms with Crippen molar-refractivity contribution in [1.82, 2.24) is 9.55 Å². The van der Waals surface area contributed by atoms with Crippen LogP contribution in [0.1, 0.15) is 5.56 Å². The number of benzene rings is 2. The lowest BCUT2D eigenvalue weighted by Gasteiger charge is -2.12. The highest BCUT2D eigenvalue weighted by Crippen LogP contribution is 2.34. The van der Waals surface area contributed by atoms with Crippen LogP contribution in [0.25, 0.3) is 27.0 Å². The van der Waals surface area contributed by atoms with Gasteiger partial charge in [0.2, 0.25) is 0 Å². The average molecular weight is 400 g/mol. The van der Waals surface area contributed by atoms with E-state index in [9.17, 15) is 13.6 Å². The van der Waals surface area contributed by atoms with Gasteiger partial charge >= 0.3 is 0 Å². The van der Waals surface area contributed by atoms with E-state index in [1.165, 1.54) is 15.9 Å². The molecule has 0 amide bonds. The predicted octanol–water partition coefficient (Wildman–Crippen LogP) is 5.74. The van der Waals surface area contributed by atoms with E-state index in [1.54, 1.807) is 24.3 Å². The highest BCUT2D eigenvalue weighted by molar-refractivity contribution is 7.99. The Kier molecular flexibility index (Phi) is 4.80. The Morgan fingerprint density at radius 2 is 1.78 bits per heavy atom. The number of rotatable bonds is 4. The largest absolute Gasteiger partial charge is 0.291 e. The molecule has 0 aliphatic rings. The number of hydrogen-bond donors (Lipinski definition) is 0. The molecule has 0 atom stereocenters. The highest BCUT2D eigenvalue weighted by Gasteiger charge is 2.20. The van der Waals surface area contributed by atoms with Crippen molar-refractivity contribution < 1.29 is 8.78 Å². The molecule has 7 heteroatoms. The van der Waals surface area contributed by atoms with Crippen molar-refractivity contribution >= 4 is 33.3 Å². The zero-order valence-electron chi connectivity index (χ0n) is 14.2. The van der Waals surface area contributed by atoms with Crippen molar-refractivity contribution in [2.45, 2.75) is 17.8 Å². The van der Waals surface area contributed by atoms with Gasteiger partial charge in [-0.1, -0.05) is 48.0 Å². The van der Waals surface area contributed by atoms with Crippen LogP contribution in [-0.2, 0) is 0 Å². The molecule has 0 spiro atoms. The zero-order chi connectivity index (χ0) is 19.0. The van der Waals surface area contributed by atoms with Crippen LogP contribution in [0.15, 0.2) is 69.9 Å². The number of halogens is 2. The first-order chi connectivity index (χ1) is 13.0. The lowest BCUT2D eigenvalue weighted by molar-refractivity contribution is 0.251. The zero-order valence-corrected chi connectivity index (χ0v) is 15.9. The van der Waals surface area contributed by atoms with Gasteiger partial charge in [0.1, 0.15) is 4.83 Å². The number of aromatic nitrogens is 2. The molecular formula is C20H14F2N2OS2. The summed E-state index contributed by atoms with van der Waals surface area (Å²) in [5, 5.41) is 2.30. The molecule has 0 bridgehead atoms. The Labute approximate surface area is 162 Å². The molecule has 2 heterocycles. The molecule has 27 heavy (non-hydrogen) atoms. The van der Waals surface area contributed by atoms with Gasteiger partial charge in [0.15, 0.2) is 5.16 Å². The molecule has 3 nitrogen and oxygen atoms in total. The number of fused-ring (bicyclic) bond motifs is 1. The first-order valence-corrected chi connectivity index (χ1v) is 9.92. The topological polar surface area (TPSA) is 34.9 Å². The second kappa shape index (κ2) is 7.25. The molecular weight excluding hydrogens is 386 g/mol. The summed E-state index contributed by atoms with van der Waals surface area (Å²) in [6, 6.07) is 16.6. The van der Waals surface area contributed by atoms with Crippen molar-refractivity contribution in [2.75, 3.05) is 0 Å². The van der Waals surface area contributed by atoms with Gasteiger partial charge in [-0.15, -0.1) is 11.3 Å². The van der Waals surface area contributed by atoms with E-state index in [4.69, 9.17) is 0 Å². The summed E-state index contributed by atoms with van der Waals surface area (Å²) in [7, 11) is 0. The van der Waals surface area contributed by atoms with Crippen LogP contribution < -0.4 is 5.56 Å². The molecule has 0 saturated heterocycles.